The van der Waals surface area contributed by atoms with Gasteiger partial charge in [-0.2, -0.15) is 0 Å². The van der Waals surface area contributed by atoms with Crippen molar-refractivity contribution in [1.82, 2.24) is 14.5 Å². The third-order valence-electron chi connectivity index (χ3n) is 3.34. The van der Waals surface area contributed by atoms with Crippen molar-refractivity contribution in [2.45, 2.75) is 12.6 Å². The Kier molecular flexibility index (Phi) is 4.75. The number of nitrogens with two attached hydrogens (primary N) is 1. The fourth-order valence-corrected chi connectivity index (χ4v) is 2.45. The maximum absolute atomic E-state index is 13.5. The van der Waals surface area contributed by atoms with Crippen molar-refractivity contribution >= 4 is 11.6 Å². The predicted octanol–water partition coefficient (Wildman–Crippen LogP) is 2.34. The summed E-state index contributed by atoms with van der Waals surface area (Å²) in [5, 5.41) is 0.379. The molecule has 0 bridgehead atoms. The average Bonchev–Trinajstić information content (AvgIpc) is 2.74. The van der Waals surface area contributed by atoms with Gasteiger partial charge in [0, 0.05) is 37.1 Å². The lowest BCUT2D eigenvalue weighted by Crippen LogP contribution is -2.31. The number of hydrogen-bond donors (Lipinski definition) is 1. The number of rotatable bonds is 5. The molecule has 1 atom stereocenters. The third kappa shape index (κ3) is 3.36. The number of nitrogens with zero attached hydrogens (tertiary/aromatic N) is 3. The van der Waals surface area contributed by atoms with Crippen molar-refractivity contribution in [1.29, 1.82) is 0 Å². The minimum atomic E-state index is -0.351. The van der Waals surface area contributed by atoms with E-state index >= 15 is 0 Å². The van der Waals surface area contributed by atoms with Crippen LogP contribution in [0.1, 0.15) is 17.4 Å². The van der Waals surface area contributed by atoms with Gasteiger partial charge in [0.2, 0.25) is 0 Å². The molecule has 1 unspecified atom stereocenters. The molecule has 0 saturated heterocycles. The Hall–Kier alpha value is -1.43. The van der Waals surface area contributed by atoms with Crippen molar-refractivity contribution in [2.75, 3.05) is 13.6 Å². The van der Waals surface area contributed by atoms with E-state index in [0.29, 0.717) is 18.1 Å². The molecule has 1 heterocycles. The molecule has 20 heavy (non-hydrogen) atoms. The summed E-state index contributed by atoms with van der Waals surface area (Å²) in [7, 11) is 3.87. The van der Waals surface area contributed by atoms with Crippen LogP contribution in [0.25, 0.3) is 0 Å². The summed E-state index contributed by atoms with van der Waals surface area (Å²) in [6.07, 6.45) is 3.64. The van der Waals surface area contributed by atoms with Gasteiger partial charge in [0.05, 0.1) is 6.54 Å². The standard InChI is InChI=1S/C14H18ClFN4/c1-19-4-3-18-14(19)9-20(2)13(8-17)10-5-11(15)7-12(16)6-10/h3-7,13H,8-9,17H2,1-2H3. The number of hydrogen-bond acceptors (Lipinski definition) is 3. The molecule has 1 aromatic carbocycles. The average molecular weight is 297 g/mol. The molecule has 108 valence electrons. The first-order chi connectivity index (χ1) is 9.51. The molecule has 0 aliphatic carbocycles. The minimum Gasteiger partial charge on any atom is -0.337 e. The molecule has 0 fully saturated rings. The first-order valence-corrected chi connectivity index (χ1v) is 6.71. The Bertz CT molecular complexity index is 564. The lowest BCUT2D eigenvalue weighted by molar-refractivity contribution is 0.233. The lowest BCUT2D eigenvalue weighted by atomic mass is 10.1. The fourth-order valence-electron chi connectivity index (χ4n) is 2.22. The Morgan fingerprint density at radius 3 is 2.75 bits per heavy atom. The van der Waals surface area contributed by atoms with E-state index in [1.807, 2.05) is 29.8 Å². The molecule has 0 saturated carbocycles. The van der Waals surface area contributed by atoms with Crippen molar-refractivity contribution < 1.29 is 4.39 Å². The summed E-state index contributed by atoms with van der Waals surface area (Å²) in [6, 6.07) is 4.40. The van der Waals surface area contributed by atoms with E-state index in [2.05, 4.69) is 4.98 Å². The van der Waals surface area contributed by atoms with E-state index in [1.54, 1.807) is 12.3 Å². The molecule has 2 N–H and O–H groups in total. The molecule has 0 aliphatic heterocycles. The number of halogens is 2. The first-order valence-electron chi connectivity index (χ1n) is 6.33. The summed E-state index contributed by atoms with van der Waals surface area (Å²) in [5.41, 5.74) is 6.61. The number of benzene rings is 1. The minimum absolute atomic E-state index is 0.111. The zero-order valence-electron chi connectivity index (χ0n) is 11.6. The lowest BCUT2D eigenvalue weighted by Gasteiger charge is -2.27. The van der Waals surface area contributed by atoms with Gasteiger partial charge in [0.25, 0.3) is 0 Å². The number of aryl methyl sites for hydroxylation is 1. The molecular formula is C14H18ClFN4. The molecule has 2 rings (SSSR count). The van der Waals surface area contributed by atoms with Crippen LogP contribution in [0.3, 0.4) is 0 Å². The van der Waals surface area contributed by atoms with Crippen LogP contribution in [0.15, 0.2) is 30.6 Å². The van der Waals surface area contributed by atoms with Gasteiger partial charge in [-0.05, 0) is 30.8 Å². The van der Waals surface area contributed by atoms with E-state index in [4.69, 9.17) is 17.3 Å². The monoisotopic (exact) mass is 296 g/mol. The second-order valence-electron chi connectivity index (χ2n) is 4.82. The van der Waals surface area contributed by atoms with Crippen LogP contribution in [0.2, 0.25) is 5.02 Å². The summed E-state index contributed by atoms with van der Waals surface area (Å²) < 4.78 is 15.4. The van der Waals surface area contributed by atoms with Crippen LogP contribution in [-0.4, -0.2) is 28.0 Å². The smallest absolute Gasteiger partial charge is 0.125 e. The van der Waals surface area contributed by atoms with E-state index < -0.39 is 0 Å². The number of aromatic nitrogens is 2. The van der Waals surface area contributed by atoms with E-state index in [1.165, 1.54) is 12.1 Å². The van der Waals surface area contributed by atoms with Gasteiger partial charge >= 0.3 is 0 Å². The predicted molar refractivity (Wildman–Crippen MR) is 77.9 cm³/mol. The Labute approximate surface area is 123 Å². The van der Waals surface area contributed by atoms with Gasteiger partial charge < -0.3 is 10.3 Å². The Morgan fingerprint density at radius 1 is 1.45 bits per heavy atom. The second kappa shape index (κ2) is 6.35. The van der Waals surface area contributed by atoms with Crippen LogP contribution in [0, 0.1) is 5.82 Å². The van der Waals surface area contributed by atoms with Gasteiger partial charge in [-0.25, -0.2) is 9.37 Å². The zero-order chi connectivity index (χ0) is 14.7. The van der Waals surface area contributed by atoms with Crippen molar-refractivity contribution in [3.8, 4) is 0 Å². The van der Waals surface area contributed by atoms with Crippen molar-refractivity contribution in [3.63, 3.8) is 0 Å². The van der Waals surface area contributed by atoms with Gasteiger partial charge in [0.1, 0.15) is 11.6 Å². The normalized spacial score (nSPS) is 12.9. The van der Waals surface area contributed by atoms with E-state index in [-0.39, 0.29) is 11.9 Å². The SMILES string of the molecule is CN(Cc1nccn1C)C(CN)c1cc(F)cc(Cl)c1. The zero-order valence-corrected chi connectivity index (χ0v) is 12.3. The topological polar surface area (TPSA) is 47.1 Å². The molecule has 0 amide bonds. The molecule has 0 aliphatic rings. The van der Waals surface area contributed by atoms with Crippen LogP contribution in [-0.2, 0) is 13.6 Å². The highest BCUT2D eigenvalue weighted by Crippen LogP contribution is 2.24. The fraction of sp³-hybridized carbons (Fsp3) is 0.357. The van der Waals surface area contributed by atoms with Crippen molar-refractivity contribution in [3.05, 3.63) is 52.8 Å². The van der Waals surface area contributed by atoms with E-state index in [0.717, 1.165) is 11.4 Å². The largest absolute Gasteiger partial charge is 0.337 e. The summed E-state index contributed by atoms with van der Waals surface area (Å²) >= 11 is 5.91. The van der Waals surface area contributed by atoms with Crippen LogP contribution in [0.5, 0.6) is 0 Å². The quantitative estimate of drug-likeness (QED) is 0.921. The highest BCUT2D eigenvalue weighted by Gasteiger charge is 2.18. The summed E-state index contributed by atoms with van der Waals surface area (Å²) in [6.45, 7) is 1.00. The molecule has 0 radical (unpaired) electrons. The molecular weight excluding hydrogens is 279 g/mol. The van der Waals surface area contributed by atoms with Crippen LogP contribution >= 0.6 is 11.6 Å². The van der Waals surface area contributed by atoms with Crippen molar-refractivity contribution in [2.24, 2.45) is 12.8 Å². The summed E-state index contributed by atoms with van der Waals surface area (Å²) in [5.74, 6) is 0.574. The Balaban J connectivity index is 2.20. The molecule has 0 spiro atoms. The third-order valence-corrected chi connectivity index (χ3v) is 3.55. The molecule has 2 aromatic rings. The second-order valence-corrected chi connectivity index (χ2v) is 5.26. The number of imidazole rings is 1. The summed E-state index contributed by atoms with van der Waals surface area (Å²) in [4.78, 5) is 6.32. The Morgan fingerprint density at radius 2 is 2.20 bits per heavy atom. The highest BCUT2D eigenvalue weighted by molar-refractivity contribution is 6.30. The number of likely N-dealkylation sites (N-methyl/N-ethyl adjacent to an activating group) is 1. The maximum Gasteiger partial charge on any atom is 0.125 e. The molecule has 4 nitrogen and oxygen atoms in total. The van der Waals surface area contributed by atoms with Crippen LogP contribution < -0.4 is 5.73 Å². The van der Waals surface area contributed by atoms with Gasteiger partial charge in [-0.15, -0.1) is 0 Å². The molecule has 1 aromatic heterocycles. The molecule has 6 heteroatoms. The van der Waals surface area contributed by atoms with E-state index in [9.17, 15) is 4.39 Å². The highest BCUT2D eigenvalue weighted by atomic mass is 35.5. The maximum atomic E-state index is 13.5. The van der Waals surface area contributed by atoms with Gasteiger partial charge in [-0.1, -0.05) is 11.6 Å². The van der Waals surface area contributed by atoms with Gasteiger partial charge in [0.15, 0.2) is 0 Å². The first kappa shape index (κ1) is 15.0. The van der Waals surface area contributed by atoms with Crippen LogP contribution in [0.4, 0.5) is 4.39 Å². The van der Waals surface area contributed by atoms with Gasteiger partial charge in [-0.3, -0.25) is 4.90 Å².